The molecule has 0 amide bonds. The summed E-state index contributed by atoms with van der Waals surface area (Å²) in [5, 5.41) is 9.46. The number of nitrogens with one attached hydrogen (secondary N) is 1. The molecular formula is C25H24N4OS. The zero-order chi connectivity index (χ0) is 21.7. The van der Waals surface area contributed by atoms with Gasteiger partial charge >= 0.3 is 0 Å². The average molecular weight is 429 g/mol. The SMILES string of the molecule is COc1c(C)cc2cc(-c3cnc4ccc(Nc5ccc(C)c(C)c5)nn34)sc2c1C. The Bertz CT molecular complexity index is 1450. The van der Waals surface area contributed by atoms with Crippen molar-refractivity contribution in [3.63, 3.8) is 0 Å². The number of ether oxygens (including phenoxy) is 1. The van der Waals surface area contributed by atoms with Gasteiger partial charge in [0.2, 0.25) is 0 Å². The van der Waals surface area contributed by atoms with Gasteiger partial charge in [-0.15, -0.1) is 16.4 Å². The van der Waals surface area contributed by atoms with Crippen molar-refractivity contribution >= 4 is 38.6 Å². The van der Waals surface area contributed by atoms with Gasteiger partial charge in [0.1, 0.15) is 11.4 Å². The molecule has 3 aromatic heterocycles. The Morgan fingerprint density at radius 3 is 2.55 bits per heavy atom. The predicted molar refractivity (Wildman–Crippen MR) is 129 cm³/mol. The summed E-state index contributed by atoms with van der Waals surface area (Å²) >= 11 is 1.75. The molecule has 0 unspecified atom stereocenters. The summed E-state index contributed by atoms with van der Waals surface area (Å²) in [6.45, 7) is 8.44. The Kier molecular flexibility index (Phi) is 4.67. The molecule has 0 fully saturated rings. The van der Waals surface area contributed by atoms with Crippen LogP contribution < -0.4 is 10.1 Å². The standard InChI is InChI=1S/C25H24N4OS/c1-14-6-7-19(11-15(14)2)27-22-8-9-23-26-13-20(29(23)28-22)21-12-18-10-16(3)24(30-5)17(4)25(18)31-21/h6-13H,1-5H3,(H,27,28). The molecule has 0 atom stereocenters. The van der Waals surface area contributed by atoms with E-state index < -0.39 is 0 Å². The lowest BCUT2D eigenvalue weighted by molar-refractivity contribution is 0.409. The highest BCUT2D eigenvalue weighted by atomic mass is 32.1. The summed E-state index contributed by atoms with van der Waals surface area (Å²) in [7, 11) is 1.73. The van der Waals surface area contributed by atoms with E-state index in [1.165, 1.54) is 26.8 Å². The summed E-state index contributed by atoms with van der Waals surface area (Å²) in [6.07, 6.45) is 1.90. The second-order valence-electron chi connectivity index (χ2n) is 7.94. The molecule has 0 aliphatic carbocycles. The lowest BCUT2D eigenvalue weighted by Crippen LogP contribution is -2.00. The third kappa shape index (κ3) is 3.33. The first-order valence-corrected chi connectivity index (χ1v) is 11.0. The van der Waals surface area contributed by atoms with Crippen molar-refractivity contribution in [1.82, 2.24) is 14.6 Å². The van der Waals surface area contributed by atoms with Crippen LogP contribution in [-0.4, -0.2) is 21.7 Å². The number of imidazole rings is 1. The number of rotatable bonds is 4. The molecule has 0 bridgehead atoms. The Morgan fingerprint density at radius 1 is 0.935 bits per heavy atom. The molecule has 31 heavy (non-hydrogen) atoms. The van der Waals surface area contributed by atoms with Gasteiger partial charge in [0, 0.05) is 16.0 Å². The molecule has 0 spiro atoms. The maximum absolute atomic E-state index is 5.61. The molecule has 156 valence electrons. The first kappa shape index (κ1) is 19.6. The number of anilines is 2. The number of hydrogen-bond donors (Lipinski definition) is 1. The molecule has 0 saturated carbocycles. The molecule has 0 saturated heterocycles. The fourth-order valence-corrected chi connectivity index (χ4v) is 5.15. The van der Waals surface area contributed by atoms with Gasteiger partial charge in [0.05, 0.1) is 18.2 Å². The van der Waals surface area contributed by atoms with Crippen LogP contribution in [0.3, 0.4) is 0 Å². The second kappa shape index (κ2) is 7.39. The van der Waals surface area contributed by atoms with Gasteiger partial charge in [0.25, 0.3) is 0 Å². The summed E-state index contributed by atoms with van der Waals surface area (Å²) in [5.41, 5.74) is 7.68. The number of hydrogen-bond acceptors (Lipinski definition) is 5. The van der Waals surface area contributed by atoms with Gasteiger partial charge in [-0.25, -0.2) is 9.50 Å². The molecule has 5 nitrogen and oxygen atoms in total. The summed E-state index contributed by atoms with van der Waals surface area (Å²) in [6, 6.07) is 14.7. The highest BCUT2D eigenvalue weighted by Crippen LogP contribution is 2.40. The number of nitrogens with zero attached hydrogens (tertiary/aromatic N) is 3. The van der Waals surface area contributed by atoms with Crippen LogP contribution in [0.2, 0.25) is 0 Å². The van der Waals surface area contributed by atoms with Crippen LogP contribution in [0.1, 0.15) is 22.3 Å². The normalized spacial score (nSPS) is 11.4. The second-order valence-corrected chi connectivity index (χ2v) is 8.99. The summed E-state index contributed by atoms with van der Waals surface area (Å²) < 4.78 is 8.75. The zero-order valence-electron chi connectivity index (χ0n) is 18.3. The fraction of sp³-hybridized carbons (Fsp3) is 0.200. The average Bonchev–Trinajstić information content (AvgIpc) is 3.35. The van der Waals surface area contributed by atoms with E-state index in [0.29, 0.717) is 0 Å². The van der Waals surface area contributed by atoms with Gasteiger partial charge in [-0.2, -0.15) is 0 Å². The Labute approximate surface area is 185 Å². The largest absolute Gasteiger partial charge is 0.496 e. The molecule has 0 radical (unpaired) electrons. The monoisotopic (exact) mass is 428 g/mol. The van der Waals surface area contributed by atoms with Crippen molar-refractivity contribution in [2.75, 3.05) is 12.4 Å². The molecule has 2 aromatic carbocycles. The topological polar surface area (TPSA) is 51.5 Å². The third-order valence-electron chi connectivity index (χ3n) is 5.77. The smallest absolute Gasteiger partial charge is 0.154 e. The van der Waals surface area contributed by atoms with Crippen molar-refractivity contribution in [1.29, 1.82) is 0 Å². The minimum absolute atomic E-state index is 0.782. The van der Waals surface area contributed by atoms with Crippen LogP contribution in [0.5, 0.6) is 5.75 Å². The maximum Gasteiger partial charge on any atom is 0.154 e. The number of benzene rings is 2. The van der Waals surface area contributed by atoms with Gasteiger partial charge in [-0.05, 0) is 86.2 Å². The minimum atomic E-state index is 0.782. The maximum atomic E-state index is 5.61. The molecule has 6 heteroatoms. The number of thiophene rings is 1. The Balaban J connectivity index is 1.58. The minimum Gasteiger partial charge on any atom is -0.496 e. The first-order valence-electron chi connectivity index (χ1n) is 10.2. The fourth-order valence-electron chi connectivity index (χ4n) is 4.02. The van der Waals surface area contributed by atoms with Crippen molar-refractivity contribution in [3.8, 4) is 16.3 Å². The lowest BCUT2D eigenvalue weighted by atomic mass is 10.1. The zero-order valence-corrected chi connectivity index (χ0v) is 19.1. The summed E-state index contributed by atoms with van der Waals surface area (Å²) in [5.74, 6) is 1.74. The van der Waals surface area contributed by atoms with Crippen LogP contribution in [0.4, 0.5) is 11.5 Å². The molecule has 1 N–H and O–H groups in total. The predicted octanol–water partition coefficient (Wildman–Crippen LogP) is 6.60. The van der Waals surface area contributed by atoms with Crippen LogP contribution in [0, 0.1) is 27.7 Å². The number of aryl methyl sites for hydroxylation is 4. The molecule has 5 aromatic rings. The summed E-state index contributed by atoms with van der Waals surface area (Å²) in [4.78, 5) is 5.70. The lowest BCUT2D eigenvalue weighted by Gasteiger charge is -2.09. The van der Waals surface area contributed by atoms with Crippen molar-refractivity contribution < 1.29 is 4.74 Å². The van der Waals surface area contributed by atoms with E-state index in [2.05, 4.69) is 68.3 Å². The molecular weight excluding hydrogens is 404 g/mol. The van der Waals surface area contributed by atoms with Crippen molar-refractivity contribution in [3.05, 3.63) is 70.9 Å². The Hall–Kier alpha value is -3.38. The highest BCUT2D eigenvalue weighted by Gasteiger charge is 2.15. The molecule has 5 rings (SSSR count). The van der Waals surface area contributed by atoms with Crippen LogP contribution in [0.25, 0.3) is 26.3 Å². The number of aromatic nitrogens is 3. The van der Waals surface area contributed by atoms with Crippen molar-refractivity contribution in [2.45, 2.75) is 27.7 Å². The third-order valence-corrected chi connectivity index (χ3v) is 7.06. The van der Waals surface area contributed by atoms with Crippen molar-refractivity contribution in [2.24, 2.45) is 0 Å². The van der Waals surface area contributed by atoms with Gasteiger partial charge in [-0.1, -0.05) is 6.07 Å². The van der Waals surface area contributed by atoms with E-state index in [-0.39, 0.29) is 0 Å². The van der Waals surface area contributed by atoms with E-state index >= 15 is 0 Å². The van der Waals surface area contributed by atoms with Gasteiger partial charge < -0.3 is 10.1 Å². The number of fused-ring (bicyclic) bond motifs is 2. The van der Waals surface area contributed by atoms with Gasteiger partial charge in [0.15, 0.2) is 11.5 Å². The molecule has 0 aliphatic heterocycles. The van der Waals surface area contributed by atoms with E-state index in [4.69, 9.17) is 9.84 Å². The van der Waals surface area contributed by atoms with E-state index in [0.717, 1.165) is 39.0 Å². The Morgan fingerprint density at radius 2 is 1.77 bits per heavy atom. The molecule has 0 aliphatic rings. The van der Waals surface area contributed by atoms with E-state index in [9.17, 15) is 0 Å². The van der Waals surface area contributed by atoms with E-state index in [1.54, 1.807) is 18.4 Å². The van der Waals surface area contributed by atoms with Gasteiger partial charge in [-0.3, -0.25) is 0 Å². The molecule has 3 heterocycles. The first-order chi connectivity index (χ1) is 14.9. The number of methoxy groups -OCH3 is 1. The van der Waals surface area contributed by atoms with Crippen LogP contribution in [-0.2, 0) is 0 Å². The van der Waals surface area contributed by atoms with E-state index in [1.807, 2.05) is 22.8 Å². The highest BCUT2D eigenvalue weighted by molar-refractivity contribution is 7.22. The quantitative estimate of drug-likeness (QED) is 0.350. The van der Waals surface area contributed by atoms with Crippen LogP contribution >= 0.6 is 11.3 Å². The van der Waals surface area contributed by atoms with Crippen LogP contribution in [0.15, 0.2) is 48.7 Å².